The van der Waals surface area contributed by atoms with Gasteiger partial charge in [0.2, 0.25) is 0 Å². The molecule has 0 aliphatic rings. The average molecular weight is 292 g/mol. The van der Waals surface area contributed by atoms with Crippen molar-refractivity contribution in [3.63, 3.8) is 0 Å². The largest absolute Gasteiger partial charge is 0.348 e. The lowest BCUT2D eigenvalue weighted by molar-refractivity contribution is -0.385. The quantitative estimate of drug-likeness (QED) is 0.695. The summed E-state index contributed by atoms with van der Waals surface area (Å²) < 4.78 is 26.2. The predicted octanol–water partition coefficient (Wildman–Crippen LogP) is 2.80. The number of nitrogens with zero attached hydrogens (tertiary/aromatic N) is 1. The molecule has 2 aromatic carbocycles. The molecule has 2 aromatic rings. The molecular weight excluding hydrogens is 282 g/mol. The first-order chi connectivity index (χ1) is 9.99. The molecule has 21 heavy (non-hydrogen) atoms. The van der Waals surface area contributed by atoms with Crippen LogP contribution in [-0.2, 0) is 6.54 Å². The van der Waals surface area contributed by atoms with Crippen LogP contribution in [0.2, 0.25) is 0 Å². The molecule has 0 fully saturated rings. The summed E-state index contributed by atoms with van der Waals surface area (Å²) in [7, 11) is 0. The number of amides is 1. The lowest BCUT2D eigenvalue weighted by Gasteiger charge is -2.06. The Morgan fingerprint density at radius 1 is 1.14 bits per heavy atom. The third-order valence-electron chi connectivity index (χ3n) is 2.78. The molecule has 108 valence electrons. The van der Waals surface area contributed by atoms with E-state index in [-0.39, 0.29) is 6.54 Å². The van der Waals surface area contributed by atoms with Crippen molar-refractivity contribution in [2.24, 2.45) is 0 Å². The Labute approximate surface area is 118 Å². The summed E-state index contributed by atoms with van der Waals surface area (Å²) in [4.78, 5) is 21.8. The average Bonchev–Trinajstić information content (AvgIpc) is 2.48. The van der Waals surface area contributed by atoms with Gasteiger partial charge in [0.1, 0.15) is 5.56 Å². The summed E-state index contributed by atoms with van der Waals surface area (Å²) >= 11 is 0. The zero-order valence-corrected chi connectivity index (χ0v) is 10.7. The van der Waals surface area contributed by atoms with Crippen molar-refractivity contribution in [2.75, 3.05) is 0 Å². The molecule has 5 nitrogen and oxygen atoms in total. The summed E-state index contributed by atoms with van der Waals surface area (Å²) in [6, 6.07) is 9.74. The first kappa shape index (κ1) is 14.6. The van der Waals surface area contributed by atoms with Gasteiger partial charge in [-0.05, 0) is 11.6 Å². The fourth-order valence-corrected chi connectivity index (χ4v) is 1.74. The van der Waals surface area contributed by atoms with Gasteiger partial charge >= 0.3 is 0 Å². The molecule has 0 atom stereocenters. The third-order valence-corrected chi connectivity index (χ3v) is 2.78. The summed E-state index contributed by atoms with van der Waals surface area (Å²) in [6.45, 7) is 0.121. The summed E-state index contributed by atoms with van der Waals surface area (Å²) in [5, 5.41) is 13.2. The minimum absolute atomic E-state index is 0.121. The van der Waals surface area contributed by atoms with Crippen LogP contribution in [0, 0.1) is 21.7 Å². The van der Waals surface area contributed by atoms with Gasteiger partial charge in [0.15, 0.2) is 11.6 Å². The van der Waals surface area contributed by atoms with Gasteiger partial charge in [0, 0.05) is 6.54 Å². The number of carbonyl (C=O) groups is 1. The van der Waals surface area contributed by atoms with Gasteiger partial charge in [-0.3, -0.25) is 14.9 Å². The summed E-state index contributed by atoms with van der Waals surface area (Å²) in [6.07, 6.45) is 0. The number of carbonyl (C=O) groups excluding carboxylic acids is 1. The highest BCUT2D eigenvalue weighted by atomic mass is 19.2. The van der Waals surface area contributed by atoms with Crippen molar-refractivity contribution in [1.82, 2.24) is 5.32 Å². The van der Waals surface area contributed by atoms with Gasteiger partial charge in [0.05, 0.1) is 11.0 Å². The molecular formula is C14H10F2N2O3. The van der Waals surface area contributed by atoms with E-state index < -0.39 is 33.7 Å². The van der Waals surface area contributed by atoms with Crippen LogP contribution in [0.4, 0.5) is 14.5 Å². The van der Waals surface area contributed by atoms with E-state index in [4.69, 9.17) is 0 Å². The van der Waals surface area contributed by atoms with Crippen LogP contribution in [0.25, 0.3) is 0 Å². The number of nitrogens with one attached hydrogen (secondary N) is 1. The number of benzene rings is 2. The Morgan fingerprint density at radius 3 is 2.38 bits per heavy atom. The smallest absolute Gasteiger partial charge is 0.285 e. The Balaban J connectivity index is 2.22. The highest BCUT2D eigenvalue weighted by Crippen LogP contribution is 2.22. The minimum atomic E-state index is -1.37. The molecule has 2 rings (SSSR count). The van der Waals surface area contributed by atoms with E-state index in [9.17, 15) is 23.7 Å². The van der Waals surface area contributed by atoms with Crippen molar-refractivity contribution in [1.29, 1.82) is 0 Å². The summed E-state index contributed by atoms with van der Waals surface area (Å²) in [5.41, 5.74) is -0.523. The Bertz CT molecular complexity index is 690. The number of rotatable bonds is 4. The van der Waals surface area contributed by atoms with Crippen LogP contribution in [0.15, 0.2) is 42.5 Å². The van der Waals surface area contributed by atoms with Crippen LogP contribution in [0.1, 0.15) is 15.9 Å². The molecule has 0 aliphatic carbocycles. The maximum atomic E-state index is 13.2. The number of nitro groups is 1. The summed E-state index contributed by atoms with van der Waals surface area (Å²) in [5.74, 6) is -3.53. The second kappa shape index (κ2) is 6.08. The molecule has 0 spiro atoms. The normalized spacial score (nSPS) is 10.2. The first-order valence-electron chi connectivity index (χ1n) is 5.94. The predicted molar refractivity (Wildman–Crippen MR) is 70.6 cm³/mol. The van der Waals surface area contributed by atoms with E-state index in [0.717, 1.165) is 5.56 Å². The Hall–Kier alpha value is -2.83. The molecule has 1 amide bonds. The molecule has 0 bridgehead atoms. The van der Waals surface area contributed by atoms with Gasteiger partial charge in [-0.25, -0.2) is 8.78 Å². The van der Waals surface area contributed by atoms with Crippen LogP contribution >= 0.6 is 0 Å². The molecule has 0 radical (unpaired) electrons. The van der Waals surface area contributed by atoms with Gasteiger partial charge in [-0.2, -0.15) is 0 Å². The highest BCUT2D eigenvalue weighted by Gasteiger charge is 2.23. The topological polar surface area (TPSA) is 72.2 Å². The van der Waals surface area contributed by atoms with E-state index in [1.165, 1.54) is 0 Å². The lowest BCUT2D eigenvalue weighted by atomic mass is 10.1. The number of nitro benzene ring substituents is 1. The Morgan fingerprint density at radius 2 is 1.76 bits per heavy atom. The van der Waals surface area contributed by atoms with Crippen molar-refractivity contribution in [3.8, 4) is 0 Å². The standard InChI is InChI=1S/C14H10F2N2O3/c15-11-6-10(13(18(20)21)7-12(11)16)14(19)17-8-9-4-2-1-3-5-9/h1-7H,8H2,(H,17,19). The minimum Gasteiger partial charge on any atom is -0.348 e. The van der Waals surface area contributed by atoms with Crippen LogP contribution in [0.3, 0.4) is 0 Å². The first-order valence-corrected chi connectivity index (χ1v) is 5.94. The molecule has 0 unspecified atom stereocenters. The second-order valence-electron chi connectivity index (χ2n) is 4.21. The van der Waals surface area contributed by atoms with Gasteiger partial charge < -0.3 is 5.32 Å². The van der Waals surface area contributed by atoms with E-state index in [1.807, 2.05) is 0 Å². The maximum Gasteiger partial charge on any atom is 0.285 e. The second-order valence-corrected chi connectivity index (χ2v) is 4.21. The van der Waals surface area contributed by atoms with Crippen molar-refractivity contribution in [2.45, 2.75) is 6.54 Å². The van der Waals surface area contributed by atoms with Gasteiger partial charge in [-0.15, -0.1) is 0 Å². The molecule has 7 heteroatoms. The molecule has 0 aromatic heterocycles. The SMILES string of the molecule is O=C(NCc1ccccc1)c1cc(F)c(F)cc1[N+](=O)[O-]. The highest BCUT2D eigenvalue weighted by molar-refractivity contribution is 5.98. The lowest BCUT2D eigenvalue weighted by Crippen LogP contribution is -2.24. The van der Waals surface area contributed by atoms with Crippen LogP contribution in [-0.4, -0.2) is 10.8 Å². The van der Waals surface area contributed by atoms with E-state index in [0.29, 0.717) is 12.1 Å². The van der Waals surface area contributed by atoms with Crippen LogP contribution < -0.4 is 5.32 Å². The van der Waals surface area contributed by atoms with Gasteiger partial charge in [-0.1, -0.05) is 30.3 Å². The van der Waals surface area contributed by atoms with E-state index in [2.05, 4.69) is 5.32 Å². The molecule has 0 saturated heterocycles. The third kappa shape index (κ3) is 3.38. The molecule has 1 N–H and O–H groups in total. The monoisotopic (exact) mass is 292 g/mol. The zero-order chi connectivity index (χ0) is 15.4. The molecule has 0 saturated carbocycles. The maximum absolute atomic E-state index is 13.2. The van der Waals surface area contributed by atoms with Crippen molar-refractivity contribution in [3.05, 3.63) is 75.3 Å². The molecule has 0 heterocycles. The van der Waals surface area contributed by atoms with Crippen molar-refractivity contribution < 1.29 is 18.5 Å². The number of hydrogen-bond donors (Lipinski definition) is 1. The Kier molecular flexibility index (Phi) is 4.22. The van der Waals surface area contributed by atoms with Crippen LogP contribution in [0.5, 0.6) is 0 Å². The fraction of sp³-hybridized carbons (Fsp3) is 0.0714. The van der Waals surface area contributed by atoms with E-state index >= 15 is 0 Å². The number of hydrogen-bond acceptors (Lipinski definition) is 3. The molecule has 0 aliphatic heterocycles. The van der Waals surface area contributed by atoms with Gasteiger partial charge in [0.25, 0.3) is 11.6 Å². The number of halogens is 2. The van der Waals surface area contributed by atoms with Crippen molar-refractivity contribution >= 4 is 11.6 Å². The van der Waals surface area contributed by atoms with E-state index in [1.54, 1.807) is 30.3 Å². The zero-order valence-electron chi connectivity index (χ0n) is 10.7. The fourth-order valence-electron chi connectivity index (χ4n) is 1.74.